The van der Waals surface area contributed by atoms with Gasteiger partial charge in [0.05, 0.1) is 11.5 Å². The number of rotatable bonds is 3. The molecule has 1 aliphatic rings. The van der Waals surface area contributed by atoms with Crippen molar-refractivity contribution < 1.29 is 15.0 Å². The molecule has 3 nitrogen and oxygen atoms in total. The zero-order valence-corrected chi connectivity index (χ0v) is 9.86. The molecule has 1 atom stereocenters. The van der Waals surface area contributed by atoms with Crippen LogP contribution in [0.2, 0.25) is 0 Å². The Morgan fingerprint density at radius 1 is 1.27 bits per heavy atom. The van der Waals surface area contributed by atoms with Gasteiger partial charge in [0.15, 0.2) is 0 Å². The number of carbonyl (C=O) groups is 1. The Balaban J connectivity index is 2.54. The normalized spacial score (nSPS) is 31.3. The number of hydrogen-bond acceptors (Lipinski definition) is 2. The summed E-state index contributed by atoms with van der Waals surface area (Å²) in [5.74, 6) is -0.390. The summed E-state index contributed by atoms with van der Waals surface area (Å²) in [4.78, 5) is 10.8. The SMILES string of the molecule is CC(C)C(C)(O)[C@H]1CC[C@H](C(=O)O)CC1. The van der Waals surface area contributed by atoms with Gasteiger partial charge >= 0.3 is 5.97 Å². The summed E-state index contributed by atoms with van der Waals surface area (Å²) in [6, 6.07) is 0. The van der Waals surface area contributed by atoms with Crippen LogP contribution in [-0.4, -0.2) is 21.8 Å². The van der Waals surface area contributed by atoms with Crippen LogP contribution in [0.5, 0.6) is 0 Å². The van der Waals surface area contributed by atoms with Crippen molar-refractivity contribution in [3.63, 3.8) is 0 Å². The highest BCUT2D eigenvalue weighted by atomic mass is 16.4. The lowest BCUT2D eigenvalue weighted by Gasteiger charge is -2.40. The minimum Gasteiger partial charge on any atom is -0.481 e. The molecular weight excluding hydrogens is 192 g/mol. The van der Waals surface area contributed by atoms with E-state index in [0.29, 0.717) is 12.8 Å². The molecule has 88 valence electrons. The van der Waals surface area contributed by atoms with Gasteiger partial charge in [-0.25, -0.2) is 0 Å². The highest BCUT2D eigenvalue weighted by molar-refractivity contribution is 5.70. The average molecular weight is 214 g/mol. The maximum absolute atomic E-state index is 10.8. The molecule has 0 aromatic carbocycles. The number of aliphatic hydroxyl groups is 1. The predicted octanol–water partition coefficient (Wildman–Crippen LogP) is 2.28. The molecule has 1 saturated carbocycles. The molecule has 0 bridgehead atoms. The standard InChI is InChI=1S/C12H22O3/c1-8(2)12(3,15)10-6-4-9(5-7-10)11(13)14/h8-10,15H,4-7H2,1-3H3,(H,13,14)/t9-,10-,12?. The number of aliphatic carboxylic acids is 1. The summed E-state index contributed by atoms with van der Waals surface area (Å²) in [6.07, 6.45) is 3.09. The first kappa shape index (κ1) is 12.5. The monoisotopic (exact) mass is 214 g/mol. The van der Waals surface area contributed by atoms with Gasteiger partial charge in [0.2, 0.25) is 0 Å². The van der Waals surface area contributed by atoms with E-state index in [-0.39, 0.29) is 17.8 Å². The van der Waals surface area contributed by atoms with Crippen LogP contribution in [0.4, 0.5) is 0 Å². The lowest BCUT2D eigenvalue weighted by molar-refractivity contribution is -0.144. The second-order valence-electron chi connectivity index (χ2n) is 5.27. The minimum absolute atomic E-state index is 0.191. The Morgan fingerprint density at radius 3 is 2.07 bits per heavy atom. The first-order valence-corrected chi connectivity index (χ1v) is 5.81. The summed E-state index contributed by atoms with van der Waals surface area (Å²) in [5.41, 5.74) is -0.649. The molecule has 1 unspecified atom stereocenters. The third-order valence-electron chi connectivity index (χ3n) is 4.07. The molecule has 3 heteroatoms. The van der Waals surface area contributed by atoms with E-state index >= 15 is 0 Å². The molecule has 1 fully saturated rings. The number of hydrogen-bond donors (Lipinski definition) is 2. The van der Waals surface area contributed by atoms with Crippen molar-refractivity contribution in [1.29, 1.82) is 0 Å². The van der Waals surface area contributed by atoms with E-state index in [4.69, 9.17) is 5.11 Å². The molecule has 0 aromatic heterocycles. The molecule has 0 amide bonds. The van der Waals surface area contributed by atoms with Gasteiger partial charge in [-0.15, -0.1) is 0 Å². The topological polar surface area (TPSA) is 57.5 Å². The van der Waals surface area contributed by atoms with Gasteiger partial charge < -0.3 is 10.2 Å². The van der Waals surface area contributed by atoms with Crippen molar-refractivity contribution in [3.8, 4) is 0 Å². The molecule has 15 heavy (non-hydrogen) atoms. The fraction of sp³-hybridized carbons (Fsp3) is 0.917. The highest BCUT2D eigenvalue weighted by Crippen LogP contribution is 2.38. The predicted molar refractivity (Wildman–Crippen MR) is 58.5 cm³/mol. The molecule has 0 heterocycles. The van der Waals surface area contributed by atoms with E-state index in [1.807, 2.05) is 20.8 Å². The molecule has 0 aliphatic heterocycles. The van der Waals surface area contributed by atoms with E-state index in [1.54, 1.807) is 0 Å². The minimum atomic E-state index is -0.683. The fourth-order valence-corrected chi connectivity index (χ4v) is 2.40. The van der Waals surface area contributed by atoms with E-state index in [9.17, 15) is 9.90 Å². The zero-order chi connectivity index (χ0) is 11.6. The lowest BCUT2D eigenvalue weighted by Crippen LogP contribution is -2.42. The van der Waals surface area contributed by atoms with Gasteiger partial charge in [0.1, 0.15) is 0 Å². The van der Waals surface area contributed by atoms with Crippen LogP contribution in [-0.2, 0) is 4.79 Å². The Bertz CT molecular complexity index is 225. The molecule has 2 N–H and O–H groups in total. The molecule has 0 spiro atoms. The second kappa shape index (κ2) is 4.52. The van der Waals surface area contributed by atoms with E-state index in [1.165, 1.54) is 0 Å². The first-order chi connectivity index (χ1) is 6.85. The van der Waals surface area contributed by atoms with Gasteiger partial charge in [-0.2, -0.15) is 0 Å². The Hall–Kier alpha value is -0.570. The van der Waals surface area contributed by atoms with Gasteiger partial charge in [-0.3, -0.25) is 4.79 Å². The fourth-order valence-electron chi connectivity index (χ4n) is 2.40. The smallest absolute Gasteiger partial charge is 0.306 e. The third kappa shape index (κ3) is 2.71. The van der Waals surface area contributed by atoms with Crippen LogP contribution in [0, 0.1) is 17.8 Å². The van der Waals surface area contributed by atoms with Crippen molar-refractivity contribution in [2.45, 2.75) is 52.1 Å². The van der Waals surface area contributed by atoms with Crippen LogP contribution in [0.3, 0.4) is 0 Å². The van der Waals surface area contributed by atoms with Crippen molar-refractivity contribution in [2.75, 3.05) is 0 Å². The second-order valence-corrected chi connectivity index (χ2v) is 5.27. The maximum atomic E-state index is 10.8. The molecular formula is C12H22O3. The molecule has 1 rings (SSSR count). The average Bonchev–Trinajstić information content (AvgIpc) is 2.17. The van der Waals surface area contributed by atoms with Crippen LogP contribution in [0.25, 0.3) is 0 Å². The first-order valence-electron chi connectivity index (χ1n) is 5.81. The quantitative estimate of drug-likeness (QED) is 0.757. The Morgan fingerprint density at radius 2 is 1.73 bits per heavy atom. The Kier molecular flexibility index (Phi) is 3.77. The van der Waals surface area contributed by atoms with Crippen molar-refractivity contribution in [1.82, 2.24) is 0 Å². The highest BCUT2D eigenvalue weighted by Gasteiger charge is 2.38. The molecule has 0 aromatic rings. The van der Waals surface area contributed by atoms with Crippen LogP contribution in [0.15, 0.2) is 0 Å². The zero-order valence-electron chi connectivity index (χ0n) is 9.86. The van der Waals surface area contributed by atoms with Crippen molar-refractivity contribution >= 4 is 5.97 Å². The van der Waals surface area contributed by atoms with Crippen molar-refractivity contribution in [3.05, 3.63) is 0 Å². The summed E-state index contributed by atoms with van der Waals surface area (Å²) in [5, 5.41) is 19.2. The molecule has 0 saturated heterocycles. The van der Waals surface area contributed by atoms with Gasteiger partial charge in [0.25, 0.3) is 0 Å². The third-order valence-corrected chi connectivity index (χ3v) is 4.07. The van der Waals surface area contributed by atoms with E-state index in [2.05, 4.69) is 0 Å². The van der Waals surface area contributed by atoms with Gasteiger partial charge in [0, 0.05) is 0 Å². The van der Waals surface area contributed by atoms with E-state index in [0.717, 1.165) is 12.8 Å². The van der Waals surface area contributed by atoms with Gasteiger partial charge in [-0.1, -0.05) is 13.8 Å². The van der Waals surface area contributed by atoms with E-state index < -0.39 is 11.6 Å². The molecule has 0 radical (unpaired) electrons. The number of carboxylic acid groups (broad SMARTS) is 1. The largest absolute Gasteiger partial charge is 0.481 e. The van der Waals surface area contributed by atoms with Crippen molar-refractivity contribution in [2.24, 2.45) is 17.8 Å². The lowest BCUT2D eigenvalue weighted by atomic mass is 9.70. The summed E-state index contributed by atoms with van der Waals surface area (Å²) < 4.78 is 0. The summed E-state index contributed by atoms with van der Waals surface area (Å²) >= 11 is 0. The van der Waals surface area contributed by atoms with Gasteiger partial charge in [-0.05, 0) is 44.4 Å². The van der Waals surface area contributed by atoms with Crippen LogP contribution >= 0.6 is 0 Å². The summed E-state index contributed by atoms with van der Waals surface area (Å²) in [7, 11) is 0. The van der Waals surface area contributed by atoms with Crippen LogP contribution in [0.1, 0.15) is 46.5 Å². The van der Waals surface area contributed by atoms with Crippen LogP contribution < -0.4 is 0 Å². The Labute approximate surface area is 91.5 Å². The summed E-state index contributed by atoms with van der Waals surface area (Å²) in [6.45, 7) is 5.91. The maximum Gasteiger partial charge on any atom is 0.306 e. The molecule has 1 aliphatic carbocycles. The number of carboxylic acids is 1.